The third-order valence-electron chi connectivity index (χ3n) is 4.01. The topological polar surface area (TPSA) is 72.8 Å². The third-order valence-corrected chi connectivity index (χ3v) is 4.01. The number of nitrogens with one attached hydrogen (secondary N) is 1. The van der Waals surface area contributed by atoms with Crippen LogP contribution in [0.25, 0.3) is 22.4 Å². The molecule has 0 amide bonds. The van der Waals surface area contributed by atoms with E-state index < -0.39 is 0 Å². The first-order valence-corrected chi connectivity index (χ1v) is 7.89. The molecular formula is C19H16N4O2. The normalized spacial score (nSPS) is 10.9. The standard InChI is InChI=1S/C19H16N4O2/c1-25-16-10-6-5-9-14(16)11-23-12-15-18(22-23)20-17(21-19(15)24)13-7-3-2-4-8-13/h2-10,12H,11H2,1H3,(H,20,21,22,24). The van der Waals surface area contributed by atoms with Gasteiger partial charge in [-0.25, -0.2) is 4.98 Å². The summed E-state index contributed by atoms with van der Waals surface area (Å²) < 4.78 is 7.08. The summed E-state index contributed by atoms with van der Waals surface area (Å²) in [6, 6.07) is 17.3. The van der Waals surface area contributed by atoms with Crippen LogP contribution in [0.15, 0.2) is 65.6 Å². The minimum absolute atomic E-state index is 0.199. The number of methoxy groups -OCH3 is 1. The Kier molecular flexibility index (Phi) is 3.78. The van der Waals surface area contributed by atoms with Crippen LogP contribution in [0.2, 0.25) is 0 Å². The fraction of sp³-hybridized carbons (Fsp3) is 0.105. The Labute approximate surface area is 143 Å². The molecule has 0 aliphatic heterocycles. The molecule has 0 radical (unpaired) electrons. The zero-order chi connectivity index (χ0) is 17.2. The Morgan fingerprint density at radius 2 is 1.84 bits per heavy atom. The number of hydrogen-bond donors (Lipinski definition) is 1. The first-order chi connectivity index (χ1) is 12.2. The lowest BCUT2D eigenvalue weighted by atomic mass is 10.2. The molecule has 0 unspecified atom stereocenters. The van der Waals surface area contributed by atoms with Gasteiger partial charge in [-0.2, -0.15) is 5.10 Å². The van der Waals surface area contributed by atoms with Gasteiger partial charge >= 0.3 is 0 Å². The van der Waals surface area contributed by atoms with Gasteiger partial charge in [-0.1, -0.05) is 48.5 Å². The monoisotopic (exact) mass is 332 g/mol. The van der Waals surface area contributed by atoms with Crippen LogP contribution in [-0.4, -0.2) is 26.9 Å². The second kappa shape index (κ2) is 6.24. The number of para-hydroxylation sites is 1. The van der Waals surface area contributed by atoms with Gasteiger partial charge in [0.15, 0.2) is 5.65 Å². The van der Waals surface area contributed by atoms with Gasteiger partial charge in [0.05, 0.1) is 13.7 Å². The van der Waals surface area contributed by atoms with Crippen molar-refractivity contribution < 1.29 is 4.74 Å². The summed E-state index contributed by atoms with van der Waals surface area (Å²) >= 11 is 0. The second-order valence-electron chi connectivity index (χ2n) is 5.66. The summed E-state index contributed by atoms with van der Waals surface area (Å²) in [5.41, 5.74) is 2.06. The van der Waals surface area contributed by atoms with Crippen molar-refractivity contribution in [3.63, 3.8) is 0 Å². The van der Waals surface area contributed by atoms with Crippen LogP contribution in [0, 0.1) is 0 Å². The molecule has 0 saturated carbocycles. The highest BCUT2D eigenvalue weighted by Gasteiger charge is 2.11. The van der Waals surface area contributed by atoms with Crippen molar-refractivity contribution in [1.82, 2.24) is 19.7 Å². The highest BCUT2D eigenvalue weighted by molar-refractivity contribution is 5.75. The molecule has 0 aliphatic rings. The Morgan fingerprint density at radius 3 is 2.64 bits per heavy atom. The van der Waals surface area contributed by atoms with Crippen LogP contribution in [0.5, 0.6) is 5.75 Å². The van der Waals surface area contributed by atoms with Crippen molar-refractivity contribution in [3.8, 4) is 17.1 Å². The van der Waals surface area contributed by atoms with Crippen LogP contribution in [0.4, 0.5) is 0 Å². The van der Waals surface area contributed by atoms with E-state index in [0.717, 1.165) is 16.9 Å². The number of ether oxygens (including phenoxy) is 1. The molecule has 1 N–H and O–H groups in total. The molecule has 25 heavy (non-hydrogen) atoms. The van der Waals surface area contributed by atoms with E-state index in [4.69, 9.17) is 4.74 Å². The van der Waals surface area contributed by atoms with Crippen LogP contribution < -0.4 is 10.3 Å². The van der Waals surface area contributed by atoms with Gasteiger partial charge in [0.2, 0.25) is 0 Å². The molecule has 0 aliphatic carbocycles. The van der Waals surface area contributed by atoms with Crippen molar-refractivity contribution in [1.29, 1.82) is 0 Å². The minimum atomic E-state index is -0.199. The quantitative estimate of drug-likeness (QED) is 0.624. The zero-order valence-electron chi connectivity index (χ0n) is 13.6. The Balaban J connectivity index is 1.75. The summed E-state index contributed by atoms with van der Waals surface area (Å²) in [5.74, 6) is 1.30. The van der Waals surface area contributed by atoms with Gasteiger partial charge in [0.1, 0.15) is 17.0 Å². The smallest absolute Gasteiger partial charge is 0.262 e. The highest BCUT2D eigenvalue weighted by Crippen LogP contribution is 2.19. The van der Waals surface area contributed by atoms with Gasteiger partial charge in [0, 0.05) is 17.3 Å². The van der Waals surface area contributed by atoms with Gasteiger partial charge in [-0.15, -0.1) is 0 Å². The fourth-order valence-corrected chi connectivity index (χ4v) is 2.78. The molecule has 4 rings (SSSR count). The van der Waals surface area contributed by atoms with Crippen LogP contribution in [0.3, 0.4) is 0 Å². The number of hydrogen-bond acceptors (Lipinski definition) is 4. The lowest BCUT2D eigenvalue weighted by molar-refractivity contribution is 0.407. The van der Waals surface area contributed by atoms with Crippen molar-refractivity contribution in [2.45, 2.75) is 6.54 Å². The molecule has 0 spiro atoms. The number of fused-ring (bicyclic) bond motifs is 1. The van der Waals surface area contributed by atoms with Crippen molar-refractivity contribution >= 4 is 11.0 Å². The average molecular weight is 332 g/mol. The summed E-state index contributed by atoms with van der Waals surface area (Å²) in [6.45, 7) is 0.500. The molecule has 0 bridgehead atoms. The van der Waals surface area contributed by atoms with E-state index in [1.54, 1.807) is 18.0 Å². The maximum Gasteiger partial charge on any atom is 0.262 e. The molecule has 2 aromatic carbocycles. The maximum atomic E-state index is 12.4. The SMILES string of the molecule is COc1ccccc1Cn1cc2c(=O)[nH]c(-c3ccccc3)nc2n1. The zero-order valence-corrected chi connectivity index (χ0v) is 13.6. The molecule has 4 aromatic rings. The molecule has 6 heteroatoms. The molecule has 0 saturated heterocycles. The number of nitrogens with zero attached hydrogens (tertiary/aromatic N) is 3. The largest absolute Gasteiger partial charge is 0.496 e. The van der Waals surface area contributed by atoms with Gasteiger partial charge in [0.25, 0.3) is 5.56 Å². The average Bonchev–Trinajstić information content (AvgIpc) is 3.06. The van der Waals surface area contributed by atoms with E-state index >= 15 is 0 Å². The van der Waals surface area contributed by atoms with E-state index in [1.807, 2.05) is 54.6 Å². The summed E-state index contributed by atoms with van der Waals surface area (Å²) in [6.07, 6.45) is 1.71. The van der Waals surface area contributed by atoms with E-state index in [-0.39, 0.29) is 5.56 Å². The molecule has 0 atom stereocenters. The van der Waals surface area contributed by atoms with Crippen molar-refractivity contribution in [2.75, 3.05) is 7.11 Å². The predicted octanol–water partition coefficient (Wildman–Crippen LogP) is 2.84. The van der Waals surface area contributed by atoms with E-state index in [9.17, 15) is 4.79 Å². The van der Waals surface area contributed by atoms with Gasteiger partial charge in [-0.3, -0.25) is 9.48 Å². The van der Waals surface area contributed by atoms with E-state index in [1.165, 1.54) is 0 Å². The van der Waals surface area contributed by atoms with E-state index in [0.29, 0.717) is 23.4 Å². The summed E-state index contributed by atoms with van der Waals surface area (Å²) in [4.78, 5) is 19.7. The predicted molar refractivity (Wildman–Crippen MR) is 95.7 cm³/mol. The second-order valence-corrected chi connectivity index (χ2v) is 5.66. The van der Waals surface area contributed by atoms with E-state index in [2.05, 4.69) is 15.1 Å². The Hall–Kier alpha value is -3.41. The molecule has 2 aromatic heterocycles. The molecule has 6 nitrogen and oxygen atoms in total. The van der Waals surface area contributed by atoms with Crippen LogP contribution >= 0.6 is 0 Å². The Bertz CT molecular complexity index is 1080. The molecule has 0 fully saturated rings. The first-order valence-electron chi connectivity index (χ1n) is 7.89. The maximum absolute atomic E-state index is 12.4. The first kappa shape index (κ1) is 15.1. The summed E-state index contributed by atoms with van der Waals surface area (Å²) in [5, 5.41) is 4.93. The third kappa shape index (κ3) is 2.89. The number of aromatic amines is 1. The lowest BCUT2D eigenvalue weighted by Gasteiger charge is -2.07. The molecule has 2 heterocycles. The van der Waals surface area contributed by atoms with Gasteiger partial charge in [-0.05, 0) is 6.07 Å². The number of aromatic nitrogens is 4. The number of rotatable bonds is 4. The van der Waals surface area contributed by atoms with Crippen LogP contribution in [-0.2, 0) is 6.54 Å². The van der Waals surface area contributed by atoms with Crippen molar-refractivity contribution in [3.05, 3.63) is 76.7 Å². The summed E-state index contributed by atoms with van der Waals surface area (Å²) in [7, 11) is 1.64. The molecular weight excluding hydrogens is 316 g/mol. The van der Waals surface area contributed by atoms with Crippen molar-refractivity contribution in [2.24, 2.45) is 0 Å². The number of benzene rings is 2. The molecule has 124 valence electrons. The number of H-pyrrole nitrogens is 1. The Morgan fingerprint density at radius 1 is 1.08 bits per heavy atom. The minimum Gasteiger partial charge on any atom is -0.496 e. The lowest BCUT2D eigenvalue weighted by Crippen LogP contribution is -2.08. The van der Waals surface area contributed by atoms with Gasteiger partial charge < -0.3 is 9.72 Å². The fourth-order valence-electron chi connectivity index (χ4n) is 2.78. The highest BCUT2D eigenvalue weighted by atomic mass is 16.5. The van der Waals surface area contributed by atoms with Crippen LogP contribution in [0.1, 0.15) is 5.56 Å².